The van der Waals surface area contributed by atoms with E-state index in [0.29, 0.717) is 17.1 Å². The third-order valence-corrected chi connectivity index (χ3v) is 4.42. The lowest BCUT2D eigenvalue weighted by molar-refractivity contribution is 0.0950. The summed E-state index contributed by atoms with van der Waals surface area (Å²) in [6.45, 7) is 0.362. The number of amides is 1. The van der Waals surface area contributed by atoms with E-state index in [1.54, 1.807) is 12.1 Å². The summed E-state index contributed by atoms with van der Waals surface area (Å²) in [4.78, 5) is 17.1. The van der Waals surface area contributed by atoms with Gasteiger partial charge in [0.1, 0.15) is 5.65 Å². The highest BCUT2D eigenvalue weighted by Crippen LogP contribution is 2.25. The van der Waals surface area contributed by atoms with Gasteiger partial charge in [0.05, 0.1) is 17.9 Å². The van der Waals surface area contributed by atoms with Crippen LogP contribution in [0.3, 0.4) is 0 Å². The molecule has 1 amide bonds. The van der Waals surface area contributed by atoms with Crippen molar-refractivity contribution in [1.29, 1.82) is 0 Å². The Morgan fingerprint density at radius 2 is 1.69 bits per heavy atom. The number of nitrogens with zero attached hydrogens (tertiary/aromatic N) is 2. The Morgan fingerprint density at radius 3 is 2.42 bits per heavy atom. The van der Waals surface area contributed by atoms with E-state index in [1.807, 2.05) is 71.3 Å². The average molecular weight is 362 g/mol. The maximum atomic E-state index is 12.4. The molecule has 4 nitrogen and oxygen atoms in total. The number of pyridine rings is 1. The van der Waals surface area contributed by atoms with Crippen LogP contribution in [-0.2, 0) is 6.54 Å². The molecule has 26 heavy (non-hydrogen) atoms. The first-order valence-corrected chi connectivity index (χ1v) is 8.65. The van der Waals surface area contributed by atoms with Gasteiger partial charge in [-0.15, -0.1) is 0 Å². The van der Waals surface area contributed by atoms with Gasteiger partial charge in [0.25, 0.3) is 5.91 Å². The monoisotopic (exact) mass is 361 g/mol. The topological polar surface area (TPSA) is 46.4 Å². The molecule has 0 unspecified atom stereocenters. The number of hydrogen-bond acceptors (Lipinski definition) is 2. The van der Waals surface area contributed by atoms with E-state index in [0.717, 1.165) is 22.6 Å². The standard InChI is InChI=1S/C21H16ClN3O/c22-17-11-12-25-18(14-23-21(26)16-9-5-2-6-10-16)20(24-19(25)13-17)15-7-3-1-4-8-15/h1-13H,14H2,(H,23,26). The fraction of sp³-hybridized carbons (Fsp3) is 0.0476. The fourth-order valence-electron chi connectivity index (χ4n) is 2.92. The van der Waals surface area contributed by atoms with Gasteiger partial charge in [0.2, 0.25) is 0 Å². The summed E-state index contributed by atoms with van der Waals surface area (Å²) in [6.07, 6.45) is 1.88. The molecule has 1 N–H and O–H groups in total. The molecule has 128 valence electrons. The van der Waals surface area contributed by atoms with Gasteiger partial charge in [-0.2, -0.15) is 0 Å². The molecule has 0 aliphatic rings. The molecule has 0 saturated carbocycles. The minimum absolute atomic E-state index is 0.117. The number of benzene rings is 2. The zero-order valence-corrected chi connectivity index (χ0v) is 14.6. The van der Waals surface area contributed by atoms with Crippen molar-refractivity contribution in [3.63, 3.8) is 0 Å². The van der Waals surface area contributed by atoms with E-state index in [9.17, 15) is 4.79 Å². The highest BCUT2D eigenvalue weighted by atomic mass is 35.5. The molecular formula is C21H16ClN3O. The van der Waals surface area contributed by atoms with Gasteiger partial charge in [-0.25, -0.2) is 4.98 Å². The second-order valence-electron chi connectivity index (χ2n) is 5.89. The Hall–Kier alpha value is -3.11. The predicted octanol–water partition coefficient (Wildman–Crippen LogP) is 4.58. The molecule has 0 spiro atoms. The van der Waals surface area contributed by atoms with E-state index in [2.05, 4.69) is 5.32 Å². The number of rotatable bonds is 4. The molecule has 2 aromatic heterocycles. The van der Waals surface area contributed by atoms with Gasteiger partial charge in [-0.3, -0.25) is 4.79 Å². The Balaban J connectivity index is 1.72. The second-order valence-corrected chi connectivity index (χ2v) is 6.33. The third kappa shape index (κ3) is 3.19. The number of carbonyl (C=O) groups excluding carboxylic acids is 1. The first-order valence-electron chi connectivity index (χ1n) is 8.27. The van der Waals surface area contributed by atoms with Crippen molar-refractivity contribution in [2.75, 3.05) is 0 Å². The van der Waals surface area contributed by atoms with Crippen molar-refractivity contribution >= 4 is 23.2 Å². The van der Waals surface area contributed by atoms with Crippen molar-refractivity contribution < 1.29 is 4.79 Å². The molecule has 0 aliphatic carbocycles. The molecule has 0 radical (unpaired) electrons. The zero-order chi connectivity index (χ0) is 17.9. The quantitative estimate of drug-likeness (QED) is 0.578. The molecule has 4 rings (SSSR count). The first kappa shape index (κ1) is 16.4. The van der Waals surface area contributed by atoms with Crippen LogP contribution in [0, 0.1) is 0 Å². The van der Waals surface area contributed by atoms with Crippen LogP contribution >= 0.6 is 11.6 Å². The van der Waals surface area contributed by atoms with Gasteiger partial charge in [0, 0.05) is 28.4 Å². The maximum absolute atomic E-state index is 12.4. The second kappa shape index (κ2) is 7.02. The zero-order valence-electron chi connectivity index (χ0n) is 13.9. The van der Waals surface area contributed by atoms with E-state index >= 15 is 0 Å². The summed E-state index contributed by atoms with van der Waals surface area (Å²) in [5, 5.41) is 3.61. The fourth-order valence-corrected chi connectivity index (χ4v) is 3.08. The lowest BCUT2D eigenvalue weighted by atomic mass is 10.1. The largest absolute Gasteiger partial charge is 0.346 e. The highest BCUT2D eigenvalue weighted by molar-refractivity contribution is 6.30. The van der Waals surface area contributed by atoms with Crippen molar-refractivity contribution in [3.05, 3.63) is 95.3 Å². The number of carbonyl (C=O) groups is 1. The van der Waals surface area contributed by atoms with Gasteiger partial charge >= 0.3 is 0 Å². The minimum atomic E-state index is -0.117. The van der Waals surface area contributed by atoms with Crippen molar-refractivity contribution in [1.82, 2.24) is 14.7 Å². The number of nitrogens with one attached hydrogen (secondary N) is 1. The lowest BCUT2D eigenvalue weighted by Crippen LogP contribution is -2.23. The number of halogens is 1. The molecule has 2 aromatic carbocycles. The maximum Gasteiger partial charge on any atom is 0.251 e. The highest BCUT2D eigenvalue weighted by Gasteiger charge is 2.15. The van der Waals surface area contributed by atoms with Crippen LogP contribution in [0.5, 0.6) is 0 Å². The van der Waals surface area contributed by atoms with Crippen LogP contribution in [0.1, 0.15) is 16.1 Å². The molecule has 4 aromatic rings. The molecular weight excluding hydrogens is 346 g/mol. The molecule has 0 aliphatic heterocycles. The van der Waals surface area contributed by atoms with Gasteiger partial charge in [-0.05, 0) is 18.2 Å². The van der Waals surface area contributed by atoms with Crippen molar-refractivity contribution in [2.24, 2.45) is 0 Å². The summed E-state index contributed by atoms with van der Waals surface area (Å²) >= 11 is 6.11. The van der Waals surface area contributed by atoms with Crippen LogP contribution in [0.15, 0.2) is 79.0 Å². The molecule has 5 heteroatoms. The van der Waals surface area contributed by atoms with Crippen LogP contribution < -0.4 is 5.32 Å². The molecule has 2 heterocycles. The van der Waals surface area contributed by atoms with Crippen molar-refractivity contribution in [3.8, 4) is 11.3 Å². The lowest BCUT2D eigenvalue weighted by Gasteiger charge is -2.08. The number of aromatic nitrogens is 2. The van der Waals surface area contributed by atoms with Gasteiger partial charge in [0.15, 0.2) is 0 Å². The Kier molecular flexibility index (Phi) is 4.42. The van der Waals surface area contributed by atoms with Gasteiger partial charge in [-0.1, -0.05) is 60.1 Å². The third-order valence-electron chi connectivity index (χ3n) is 4.19. The van der Waals surface area contributed by atoms with Gasteiger partial charge < -0.3 is 9.72 Å². The number of fused-ring (bicyclic) bond motifs is 1. The summed E-state index contributed by atoms with van der Waals surface area (Å²) in [5.74, 6) is -0.117. The van der Waals surface area contributed by atoms with Crippen LogP contribution in [0.25, 0.3) is 16.9 Å². The Labute approximate surface area is 156 Å². The number of hydrogen-bond donors (Lipinski definition) is 1. The van der Waals surface area contributed by atoms with Crippen molar-refractivity contribution in [2.45, 2.75) is 6.54 Å². The van der Waals surface area contributed by atoms with Crippen LogP contribution in [0.2, 0.25) is 5.02 Å². The first-order chi connectivity index (χ1) is 12.7. The number of imidazole rings is 1. The summed E-state index contributed by atoms with van der Waals surface area (Å²) in [7, 11) is 0. The van der Waals surface area contributed by atoms with E-state index < -0.39 is 0 Å². The van der Waals surface area contributed by atoms with Crippen LogP contribution in [0.4, 0.5) is 0 Å². The Bertz CT molecular complexity index is 1060. The van der Waals surface area contributed by atoms with E-state index in [1.165, 1.54) is 0 Å². The molecule has 0 fully saturated rings. The van der Waals surface area contributed by atoms with E-state index in [-0.39, 0.29) is 5.91 Å². The van der Waals surface area contributed by atoms with Crippen LogP contribution in [-0.4, -0.2) is 15.3 Å². The smallest absolute Gasteiger partial charge is 0.251 e. The van der Waals surface area contributed by atoms with E-state index in [4.69, 9.17) is 16.6 Å². The Morgan fingerprint density at radius 1 is 1.00 bits per heavy atom. The molecule has 0 saturated heterocycles. The SMILES string of the molecule is O=C(NCc1c(-c2ccccc2)nc2cc(Cl)ccn12)c1ccccc1. The summed E-state index contributed by atoms with van der Waals surface area (Å²) in [5.41, 5.74) is 4.12. The predicted molar refractivity (Wildman–Crippen MR) is 103 cm³/mol. The summed E-state index contributed by atoms with van der Waals surface area (Å²) in [6, 6.07) is 22.7. The minimum Gasteiger partial charge on any atom is -0.346 e. The molecule has 0 atom stereocenters. The average Bonchev–Trinajstić information content (AvgIpc) is 3.05. The summed E-state index contributed by atoms with van der Waals surface area (Å²) < 4.78 is 1.96. The molecule has 0 bridgehead atoms. The normalized spacial score (nSPS) is 10.8.